The molecule has 0 radical (unpaired) electrons. The topological polar surface area (TPSA) is 176 Å². The molecular weight excluding hydrogens is 533 g/mol. The van der Waals surface area contributed by atoms with Crippen molar-refractivity contribution in [1.82, 2.24) is 14.9 Å². The Labute approximate surface area is 219 Å². The second kappa shape index (κ2) is 10.2. The zero-order valence-corrected chi connectivity index (χ0v) is 23.6. The number of anilines is 2. The molecule has 1 aromatic carbocycles. The van der Waals surface area contributed by atoms with Crippen LogP contribution in [0.5, 0.6) is 0 Å². The minimum Gasteiger partial charge on any atom is -0.340 e. The summed E-state index contributed by atoms with van der Waals surface area (Å²) < 4.78 is 46.8. The normalized spacial score (nSPS) is 22.0. The molecule has 4 N–H and O–H groups in total. The number of benzene rings is 1. The molecule has 0 saturated carbocycles. The lowest BCUT2D eigenvalue weighted by molar-refractivity contribution is 0.334. The molecular formula is C23H32N7O6PS. The van der Waals surface area contributed by atoms with Gasteiger partial charge >= 0.3 is 7.52 Å². The Morgan fingerprint density at radius 1 is 1.24 bits per heavy atom. The highest BCUT2D eigenvalue weighted by atomic mass is 32.2. The molecule has 15 heteroatoms. The van der Waals surface area contributed by atoms with Gasteiger partial charge in [-0.3, -0.25) is 33.7 Å². The number of rotatable bonds is 6. The summed E-state index contributed by atoms with van der Waals surface area (Å²) >= 11 is 0. The quantitative estimate of drug-likeness (QED) is 0.374. The van der Waals surface area contributed by atoms with Gasteiger partial charge in [0.25, 0.3) is 5.56 Å². The van der Waals surface area contributed by atoms with Crippen LogP contribution in [0.15, 0.2) is 38.0 Å². The van der Waals surface area contributed by atoms with Gasteiger partial charge in [-0.15, -0.1) is 0 Å². The largest absolute Gasteiger partial charge is 0.340 e. The van der Waals surface area contributed by atoms with Crippen molar-refractivity contribution < 1.29 is 17.5 Å². The minimum absolute atomic E-state index is 0.0485. The van der Waals surface area contributed by atoms with Crippen LogP contribution in [0.25, 0.3) is 11.5 Å². The molecule has 206 valence electrons. The van der Waals surface area contributed by atoms with E-state index < -0.39 is 28.5 Å². The minimum atomic E-state index is -3.88. The smallest absolute Gasteiger partial charge is 0.327 e. The van der Waals surface area contributed by atoms with Gasteiger partial charge in [0.2, 0.25) is 15.5 Å². The Balaban J connectivity index is 1.99. The van der Waals surface area contributed by atoms with Crippen LogP contribution in [0.4, 0.5) is 11.4 Å². The number of hydrogen-bond acceptors (Lipinski definition) is 9. The van der Waals surface area contributed by atoms with Gasteiger partial charge in [0.15, 0.2) is 0 Å². The predicted octanol–water partition coefficient (Wildman–Crippen LogP) is 0.944. The molecule has 1 atom stereocenters. The average molecular weight is 566 g/mol. The highest BCUT2D eigenvalue weighted by molar-refractivity contribution is 7.92. The standard InChI is InChI=1S/C23H32N7O6PS/c1-6-36-37(33)17-13-14(29-38(5,34)35)7-8-15(17)25-21(28-37)18-20(31)19(16-9-11-24-26-16)27-30(22(18)32)12-10-23(2,3)4/h7-8,13,25,27,29H,6,9-12H2,1-5H3,(H,28,33). The molecule has 0 amide bonds. The van der Waals surface area contributed by atoms with Crippen LogP contribution in [0.3, 0.4) is 0 Å². The first-order valence-corrected chi connectivity index (χ1v) is 15.6. The van der Waals surface area contributed by atoms with Crippen molar-refractivity contribution in [2.75, 3.05) is 29.4 Å². The van der Waals surface area contributed by atoms with E-state index in [0.717, 1.165) is 6.26 Å². The van der Waals surface area contributed by atoms with Gasteiger partial charge in [0, 0.05) is 18.7 Å². The average Bonchev–Trinajstić information content (AvgIpc) is 3.32. The number of sulfonamides is 1. The maximum atomic E-state index is 14.0. The number of aromatic amines is 1. The summed E-state index contributed by atoms with van der Waals surface area (Å²) in [4.78, 5) is 27.3. The van der Waals surface area contributed by atoms with E-state index in [4.69, 9.17) is 4.52 Å². The number of azo groups is 1. The van der Waals surface area contributed by atoms with E-state index in [-0.39, 0.29) is 39.4 Å². The van der Waals surface area contributed by atoms with Crippen molar-refractivity contribution in [2.45, 2.75) is 47.1 Å². The molecule has 2 aliphatic rings. The van der Waals surface area contributed by atoms with Gasteiger partial charge in [-0.1, -0.05) is 20.8 Å². The first kappa shape index (κ1) is 27.8. The zero-order chi connectivity index (χ0) is 27.9. The van der Waals surface area contributed by atoms with E-state index in [1.165, 1.54) is 22.9 Å². The Morgan fingerprint density at radius 2 is 1.97 bits per heavy atom. The molecule has 0 spiro atoms. The number of nitrogens with zero attached hydrogens (tertiary/aromatic N) is 3. The van der Waals surface area contributed by atoms with Crippen LogP contribution >= 0.6 is 7.52 Å². The summed E-state index contributed by atoms with van der Waals surface area (Å²) in [5, 5.41) is 16.8. The molecule has 13 nitrogen and oxygen atoms in total. The third-order valence-electron chi connectivity index (χ3n) is 5.87. The molecule has 4 rings (SSSR count). The monoisotopic (exact) mass is 565 g/mol. The van der Waals surface area contributed by atoms with Crippen molar-refractivity contribution in [2.24, 2.45) is 15.6 Å². The van der Waals surface area contributed by atoms with Crippen LogP contribution in [0, 0.1) is 5.41 Å². The number of fused-ring (bicyclic) bond motifs is 1. The maximum absolute atomic E-state index is 14.0. The van der Waals surface area contributed by atoms with E-state index in [0.29, 0.717) is 37.3 Å². The fourth-order valence-electron chi connectivity index (χ4n) is 4.06. The number of aromatic nitrogens is 2. The van der Waals surface area contributed by atoms with E-state index >= 15 is 0 Å². The molecule has 0 bridgehead atoms. The first-order valence-electron chi connectivity index (χ1n) is 12.1. The number of aryl methyl sites for hydroxylation is 1. The van der Waals surface area contributed by atoms with E-state index in [2.05, 4.69) is 30.5 Å². The summed E-state index contributed by atoms with van der Waals surface area (Å²) in [6.45, 7) is 8.57. The lowest BCUT2D eigenvalue weighted by Gasteiger charge is -2.30. The predicted molar refractivity (Wildman–Crippen MR) is 146 cm³/mol. The summed E-state index contributed by atoms with van der Waals surface area (Å²) in [6, 6.07) is 4.38. The maximum Gasteiger partial charge on any atom is 0.327 e. The van der Waals surface area contributed by atoms with E-state index in [1.54, 1.807) is 6.92 Å². The van der Waals surface area contributed by atoms with Crippen molar-refractivity contribution in [3.63, 3.8) is 0 Å². The van der Waals surface area contributed by atoms with Crippen molar-refractivity contribution in [3.8, 4) is 0 Å². The lowest BCUT2D eigenvalue weighted by atomic mass is 9.92. The molecule has 1 unspecified atom stereocenters. The van der Waals surface area contributed by atoms with Gasteiger partial charge in [0.1, 0.15) is 16.4 Å². The summed E-state index contributed by atoms with van der Waals surface area (Å²) in [5.74, 6) is -0.0663. The van der Waals surface area contributed by atoms with E-state index in [1.807, 2.05) is 20.8 Å². The van der Waals surface area contributed by atoms with Crippen LogP contribution in [-0.2, 0) is 25.7 Å². The van der Waals surface area contributed by atoms with Crippen molar-refractivity contribution >= 4 is 45.7 Å². The lowest BCUT2D eigenvalue weighted by Crippen LogP contribution is -2.58. The number of hydrogen-bond donors (Lipinski definition) is 4. The van der Waals surface area contributed by atoms with Crippen LogP contribution < -0.4 is 42.0 Å². The number of H-pyrrole nitrogens is 1. The Hall–Kier alpha value is -3.22. The second-order valence-corrected chi connectivity index (χ2v) is 14.1. The zero-order valence-electron chi connectivity index (χ0n) is 21.9. The summed E-state index contributed by atoms with van der Waals surface area (Å²) in [5.41, 5.74) is -0.379. The SMILES string of the molecule is CCOP1(=O)NC(=c2c(=O)c(=C3CCN=N3)[nH]n(CCC(C)(C)C)c2=O)Nc2ccc(NS(C)(=O)=O)cc21. The fourth-order valence-corrected chi connectivity index (χ4v) is 6.52. The van der Waals surface area contributed by atoms with Crippen LogP contribution in [0.2, 0.25) is 0 Å². The van der Waals surface area contributed by atoms with Crippen LogP contribution in [-0.4, -0.2) is 37.6 Å². The van der Waals surface area contributed by atoms with Crippen molar-refractivity contribution in [1.29, 1.82) is 0 Å². The fraction of sp³-hybridized carbons (Fsp3) is 0.478. The molecule has 38 heavy (non-hydrogen) atoms. The third kappa shape index (κ3) is 5.92. The molecule has 2 aliphatic heterocycles. The first-order chi connectivity index (χ1) is 17.7. The Morgan fingerprint density at radius 3 is 2.58 bits per heavy atom. The van der Waals surface area contributed by atoms with Gasteiger partial charge in [0.05, 0.1) is 36.1 Å². The molecule has 3 heterocycles. The van der Waals surface area contributed by atoms with Crippen molar-refractivity contribution in [3.05, 3.63) is 49.3 Å². The Kier molecular flexibility index (Phi) is 7.43. The van der Waals surface area contributed by atoms with Gasteiger partial charge < -0.3 is 9.84 Å². The molecule has 2 aromatic rings. The summed E-state index contributed by atoms with van der Waals surface area (Å²) in [6.07, 6.45) is 2.09. The molecule has 0 fully saturated rings. The van der Waals surface area contributed by atoms with E-state index in [9.17, 15) is 22.6 Å². The molecule has 0 aliphatic carbocycles. The second-order valence-electron chi connectivity index (χ2n) is 10.3. The molecule has 1 aromatic heterocycles. The highest BCUT2D eigenvalue weighted by Gasteiger charge is 2.35. The van der Waals surface area contributed by atoms with Crippen LogP contribution in [0.1, 0.15) is 40.5 Å². The number of nitrogens with one attached hydrogen (secondary N) is 4. The van der Waals surface area contributed by atoms with Gasteiger partial charge in [-0.2, -0.15) is 10.2 Å². The van der Waals surface area contributed by atoms with Gasteiger partial charge in [-0.25, -0.2) is 8.42 Å². The Bertz CT molecular complexity index is 1700. The van der Waals surface area contributed by atoms with Gasteiger partial charge in [-0.05, 0) is 37.0 Å². The highest BCUT2D eigenvalue weighted by Crippen LogP contribution is 2.47. The summed E-state index contributed by atoms with van der Waals surface area (Å²) in [7, 11) is -7.47. The molecule has 0 saturated heterocycles. The third-order valence-corrected chi connectivity index (χ3v) is 8.62.